The minimum atomic E-state index is -0.274. The Bertz CT molecular complexity index is 1100. The Morgan fingerprint density at radius 1 is 0.971 bits per heavy atom. The zero-order valence-corrected chi connectivity index (χ0v) is 20.0. The summed E-state index contributed by atoms with van der Waals surface area (Å²) in [5, 5.41) is 3.54. The molecule has 1 fully saturated rings. The molecular weight excluding hydrogens is 453 g/mol. The highest BCUT2D eigenvalue weighted by molar-refractivity contribution is 6.30. The molecule has 0 spiro atoms. The van der Waals surface area contributed by atoms with Crippen LogP contribution < -0.4 is 10.1 Å². The third-order valence-corrected chi connectivity index (χ3v) is 6.25. The minimum absolute atomic E-state index is 0.0871. The highest BCUT2D eigenvalue weighted by Gasteiger charge is 2.17. The maximum atomic E-state index is 13.4. The molecular formula is C27H29ClFN3O2. The van der Waals surface area contributed by atoms with Crippen LogP contribution in [0.1, 0.15) is 11.1 Å². The van der Waals surface area contributed by atoms with Gasteiger partial charge in [-0.15, -0.1) is 0 Å². The average Bonchev–Trinajstić information content (AvgIpc) is 2.85. The molecule has 1 saturated heterocycles. The molecule has 0 saturated carbocycles. The van der Waals surface area contributed by atoms with Crippen molar-refractivity contribution in [2.75, 3.05) is 39.8 Å². The Morgan fingerprint density at radius 3 is 2.35 bits per heavy atom. The number of halogens is 2. The molecule has 3 aromatic rings. The van der Waals surface area contributed by atoms with Gasteiger partial charge in [0, 0.05) is 49.9 Å². The molecule has 0 aromatic heterocycles. The molecule has 0 bridgehead atoms. The molecule has 7 heteroatoms. The maximum Gasteiger partial charge on any atom is 0.258 e. The Morgan fingerprint density at radius 2 is 1.65 bits per heavy atom. The third kappa shape index (κ3) is 6.79. The van der Waals surface area contributed by atoms with Gasteiger partial charge in [0.25, 0.3) is 5.91 Å². The molecule has 0 unspecified atom stereocenters. The number of nitrogens with one attached hydrogen (secondary N) is 1. The van der Waals surface area contributed by atoms with Crippen LogP contribution in [0.4, 0.5) is 4.39 Å². The van der Waals surface area contributed by atoms with Crippen LogP contribution in [0.2, 0.25) is 5.02 Å². The van der Waals surface area contributed by atoms with Crippen LogP contribution in [0.3, 0.4) is 0 Å². The van der Waals surface area contributed by atoms with Crippen molar-refractivity contribution in [2.24, 2.45) is 0 Å². The first-order chi connectivity index (χ1) is 16.5. The van der Waals surface area contributed by atoms with E-state index in [0.29, 0.717) is 17.3 Å². The van der Waals surface area contributed by atoms with Crippen molar-refractivity contribution < 1.29 is 13.9 Å². The molecule has 5 nitrogen and oxygen atoms in total. The van der Waals surface area contributed by atoms with Gasteiger partial charge in [0.2, 0.25) is 0 Å². The van der Waals surface area contributed by atoms with Crippen LogP contribution >= 0.6 is 11.6 Å². The summed E-state index contributed by atoms with van der Waals surface area (Å²) in [6, 6.07) is 19.7. The molecule has 1 aliphatic rings. The number of carbonyl (C=O) groups is 1. The lowest BCUT2D eigenvalue weighted by molar-refractivity contribution is -0.123. The number of benzene rings is 3. The molecule has 178 valence electrons. The number of nitrogens with zero attached hydrogens (tertiary/aromatic N) is 2. The summed E-state index contributed by atoms with van der Waals surface area (Å²) >= 11 is 5.92. The monoisotopic (exact) mass is 481 g/mol. The van der Waals surface area contributed by atoms with Gasteiger partial charge >= 0.3 is 0 Å². The largest absolute Gasteiger partial charge is 0.483 e. The summed E-state index contributed by atoms with van der Waals surface area (Å²) < 4.78 is 19.4. The van der Waals surface area contributed by atoms with Crippen molar-refractivity contribution in [3.8, 4) is 16.9 Å². The number of likely N-dealkylation sites (N-methyl/N-ethyl adjacent to an activating group) is 1. The first kappa shape index (κ1) is 24.2. The molecule has 0 aliphatic carbocycles. The predicted octanol–water partition coefficient (Wildman–Crippen LogP) is 4.59. The van der Waals surface area contributed by atoms with E-state index >= 15 is 0 Å². The van der Waals surface area contributed by atoms with Crippen LogP contribution in [0.5, 0.6) is 5.75 Å². The van der Waals surface area contributed by atoms with E-state index in [-0.39, 0.29) is 18.3 Å². The molecule has 1 amide bonds. The summed E-state index contributed by atoms with van der Waals surface area (Å²) in [6.07, 6.45) is 0. The van der Waals surface area contributed by atoms with E-state index in [9.17, 15) is 9.18 Å². The fourth-order valence-corrected chi connectivity index (χ4v) is 4.01. The first-order valence-electron chi connectivity index (χ1n) is 11.4. The molecule has 1 aliphatic heterocycles. The standard InChI is InChI=1S/C27H29ClFN3O2/c1-31-12-14-32(15-13-31)18-23-5-4-22(21-6-10-25(29)11-7-21)16-26(23)34-19-27(33)30-17-20-2-8-24(28)9-3-20/h2-11,16H,12-15,17-19H2,1H3,(H,30,33). The van der Waals surface area contributed by atoms with Gasteiger partial charge in [0.1, 0.15) is 11.6 Å². The first-order valence-corrected chi connectivity index (χ1v) is 11.8. The number of rotatable bonds is 8. The van der Waals surface area contributed by atoms with Gasteiger partial charge in [-0.3, -0.25) is 9.69 Å². The van der Waals surface area contributed by atoms with Crippen molar-refractivity contribution in [1.29, 1.82) is 0 Å². The van der Waals surface area contributed by atoms with Gasteiger partial charge in [0.15, 0.2) is 6.61 Å². The molecule has 3 aromatic carbocycles. The summed E-state index contributed by atoms with van der Waals surface area (Å²) in [7, 11) is 2.13. The van der Waals surface area contributed by atoms with E-state index in [1.54, 1.807) is 24.3 Å². The van der Waals surface area contributed by atoms with E-state index in [1.807, 2.05) is 30.3 Å². The summed E-state index contributed by atoms with van der Waals surface area (Å²) in [6.45, 7) is 5.08. The molecule has 1 heterocycles. The van der Waals surface area contributed by atoms with Crippen LogP contribution in [0.25, 0.3) is 11.1 Å². The summed E-state index contributed by atoms with van der Waals surface area (Å²) in [5.74, 6) is 0.194. The number of hydrogen-bond donors (Lipinski definition) is 1. The number of amides is 1. The Hall–Kier alpha value is -2.93. The minimum Gasteiger partial charge on any atom is -0.483 e. The van der Waals surface area contributed by atoms with Gasteiger partial charge in [-0.2, -0.15) is 0 Å². The molecule has 1 N–H and O–H groups in total. The van der Waals surface area contributed by atoms with E-state index in [1.165, 1.54) is 12.1 Å². The highest BCUT2D eigenvalue weighted by atomic mass is 35.5. The molecule has 4 rings (SSSR count). The van der Waals surface area contributed by atoms with Crippen LogP contribution in [-0.2, 0) is 17.9 Å². The van der Waals surface area contributed by atoms with E-state index < -0.39 is 0 Å². The quantitative estimate of drug-likeness (QED) is 0.511. The normalized spacial score (nSPS) is 14.7. The fraction of sp³-hybridized carbons (Fsp3) is 0.296. The summed E-state index contributed by atoms with van der Waals surface area (Å²) in [4.78, 5) is 17.2. The van der Waals surface area contributed by atoms with Gasteiger partial charge < -0.3 is 15.0 Å². The topological polar surface area (TPSA) is 44.8 Å². The zero-order chi connectivity index (χ0) is 23.9. The lowest BCUT2D eigenvalue weighted by Gasteiger charge is -2.32. The lowest BCUT2D eigenvalue weighted by Crippen LogP contribution is -2.43. The van der Waals surface area contributed by atoms with Crippen molar-refractivity contribution in [3.63, 3.8) is 0 Å². The Labute approximate surface area is 205 Å². The average molecular weight is 482 g/mol. The SMILES string of the molecule is CN1CCN(Cc2ccc(-c3ccc(F)cc3)cc2OCC(=O)NCc2ccc(Cl)cc2)CC1. The van der Waals surface area contributed by atoms with Gasteiger partial charge in [-0.1, -0.05) is 48.0 Å². The Balaban J connectivity index is 1.45. The van der Waals surface area contributed by atoms with Crippen molar-refractivity contribution in [2.45, 2.75) is 13.1 Å². The fourth-order valence-electron chi connectivity index (χ4n) is 3.89. The zero-order valence-electron chi connectivity index (χ0n) is 19.3. The van der Waals surface area contributed by atoms with Gasteiger partial charge in [0.05, 0.1) is 0 Å². The van der Waals surface area contributed by atoms with Crippen LogP contribution in [0, 0.1) is 5.82 Å². The smallest absolute Gasteiger partial charge is 0.258 e. The molecule has 0 atom stereocenters. The highest BCUT2D eigenvalue weighted by Crippen LogP contribution is 2.29. The third-order valence-electron chi connectivity index (χ3n) is 6.00. The predicted molar refractivity (Wildman–Crippen MR) is 133 cm³/mol. The van der Waals surface area contributed by atoms with E-state index in [0.717, 1.165) is 55.0 Å². The Kier molecular flexibility index (Phi) is 8.16. The van der Waals surface area contributed by atoms with E-state index in [2.05, 4.69) is 22.2 Å². The van der Waals surface area contributed by atoms with Crippen LogP contribution in [-0.4, -0.2) is 55.5 Å². The number of ether oxygens (including phenoxy) is 1. The van der Waals surface area contributed by atoms with Crippen molar-refractivity contribution in [3.05, 3.63) is 88.7 Å². The van der Waals surface area contributed by atoms with Crippen molar-refractivity contribution >= 4 is 17.5 Å². The second-order valence-electron chi connectivity index (χ2n) is 8.60. The van der Waals surface area contributed by atoms with Crippen molar-refractivity contribution in [1.82, 2.24) is 15.1 Å². The lowest BCUT2D eigenvalue weighted by atomic mass is 10.0. The molecule has 34 heavy (non-hydrogen) atoms. The maximum absolute atomic E-state index is 13.4. The second kappa shape index (κ2) is 11.5. The van der Waals surface area contributed by atoms with Crippen LogP contribution in [0.15, 0.2) is 66.7 Å². The number of hydrogen-bond acceptors (Lipinski definition) is 4. The molecule has 0 radical (unpaired) electrons. The van der Waals surface area contributed by atoms with Gasteiger partial charge in [-0.05, 0) is 54.1 Å². The number of piperazine rings is 1. The second-order valence-corrected chi connectivity index (χ2v) is 9.04. The summed E-state index contributed by atoms with van der Waals surface area (Å²) in [5.41, 5.74) is 3.80. The van der Waals surface area contributed by atoms with E-state index in [4.69, 9.17) is 16.3 Å². The van der Waals surface area contributed by atoms with Gasteiger partial charge in [-0.25, -0.2) is 4.39 Å². The number of carbonyl (C=O) groups excluding carboxylic acids is 1.